The molecule has 0 spiro atoms. The van der Waals surface area contributed by atoms with Crippen LogP contribution in [0.15, 0.2) is 42.5 Å². The summed E-state index contributed by atoms with van der Waals surface area (Å²) >= 11 is 0. The van der Waals surface area contributed by atoms with E-state index in [1.54, 1.807) is 0 Å². The van der Waals surface area contributed by atoms with E-state index in [0.29, 0.717) is 5.92 Å². The van der Waals surface area contributed by atoms with Crippen LogP contribution in [0.2, 0.25) is 0 Å². The molecule has 1 heterocycles. The number of likely N-dealkylation sites (tertiary alicyclic amines) is 1. The molecule has 2 aromatic rings. The lowest BCUT2D eigenvalue weighted by atomic mass is 9.74. The minimum Gasteiger partial charge on any atom is -0.335 e. The van der Waals surface area contributed by atoms with Crippen molar-refractivity contribution in [3.63, 3.8) is 0 Å². The molecule has 2 fully saturated rings. The van der Waals surface area contributed by atoms with Crippen LogP contribution in [0.5, 0.6) is 0 Å². The molecule has 3 aliphatic rings. The molecule has 33 heavy (non-hydrogen) atoms. The number of fused-ring (bicyclic) bond motifs is 1. The van der Waals surface area contributed by atoms with Gasteiger partial charge in [0.1, 0.15) is 0 Å². The largest absolute Gasteiger partial charge is 0.335 e. The van der Waals surface area contributed by atoms with Gasteiger partial charge in [0.05, 0.1) is 5.92 Å². The van der Waals surface area contributed by atoms with E-state index < -0.39 is 0 Å². The van der Waals surface area contributed by atoms with Crippen molar-refractivity contribution in [2.24, 2.45) is 11.8 Å². The number of rotatable bonds is 4. The fourth-order valence-corrected chi connectivity index (χ4v) is 6.45. The van der Waals surface area contributed by atoms with Crippen LogP contribution < -0.4 is 5.32 Å². The summed E-state index contributed by atoms with van der Waals surface area (Å²) in [5, 5.41) is 3.24. The summed E-state index contributed by atoms with van der Waals surface area (Å²) in [6.07, 6.45) is 11.1. The molecule has 4 heteroatoms. The highest BCUT2D eigenvalue weighted by Crippen LogP contribution is 2.38. The van der Waals surface area contributed by atoms with E-state index in [9.17, 15) is 9.59 Å². The molecule has 0 radical (unpaired) electrons. The monoisotopic (exact) mass is 444 g/mol. The van der Waals surface area contributed by atoms with Gasteiger partial charge in [0.2, 0.25) is 5.91 Å². The van der Waals surface area contributed by atoms with Crippen LogP contribution in [-0.2, 0) is 17.6 Å². The number of nitrogens with zero attached hydrogens (tertiary/aromatic N) is 1. The Balaban J connectivity index is 1.41. The maximum absolute atomic E-state index is 13.7. The van der Waals surface area contributed by atoms with Gasteiger partial charge in [-0.3, -0.25) is 9.59 Å². The molecular formula is C29H36N2O2. The average Bonchev–Trinajstić information content (AvgIpc) is 3.32. The summed E-state index contributed by atoms with van der Waals surface area (Å²) in [6.45, 7) is 2.75. The summed E-state index contributed by atoms with van der Waals surface area (Å²) in [5.41, 5.74) is 5.48. The lowest BCUT2D eigenvalue weighted by Crippen LogP contribution is -2.55. The standard InChI is InChI=1S/C29H36N2O2/c1-20-9-5-6-14-25(20)29(33)31-18-8-15-26(27(31)22-10-3-2-4-11-22)28(32)30-24-17-16-21-12-7-13-23(21)19-24/h5-6,9,14,16-17,19,22,26-27H,2-4,7-8,10-13,15,18H2,1H3,(H,30,32). The van der Waals surface area contributed by atoms with Gasteiger partial charge in [-0.15, -0.1) is 0 Å². The minimum atomic E-state index is -0.150. The lowest BCUT2D eigenvalue weighted by Gasteiger charge is -2.46. The zero-order valence-electron chi connectivity index (χ0n) is 19.8. The molecule has 2 unspecified atom stereocenters. The van der Waals surface area contributed by atoms with Crippen molar-refractivity contribution < 1.29 is 9.59 Å². The van der Waals surface area contributed by atoms with Gasteiger partial charge in [-0.05, 0) is 92.7 Å². The van der Waals surface area contributed by atoms with Gasteiger partial charge in [0, 0.05) is 23.8 Å². The second kappa shape index (κ2) is 9.70. The van der Waals surface area contributed by atoms with Crippen LogP contribution in [0.4, 0.5) is 5.69 Å². The van der Waals surface area contributed by atoms with Gasteiger partial charge in [0.15, 0.2) is 0 Å². The van der Waals surface area contributed by atoms with Crippen LogP contribution in [0.3, 0.4) is 0 Å². The molecule has 0 aromatic heterocycles. The molecule has 2 aromatic carbocycles. The van der Waals surface area contributed by atoms with E-state index >= 15 is 0 Å². The maximum atomic E-state index is 13.7. The lowest BCUT2D eigenvalue weighted by molar-refractivity contribution is -0.124. The fourth-order valence-electron chi connectivity index (χ4n) is 6.45. The third-order valence-corrected chi connectivity index (χ3v) is 8.16. The maximum Gasteiger partial charge on any atom is 0.254 e. The third-order valence-electron chi connectivity index (χ3n) is 8.16. The Labute approximate surface area is 197 Å². The van der Waals surface area contributed by atoms with Crippen LogP contribution in [-0.4, -0.2) is 29.3 Å². The highest BCUT2D eigenvalue weighted by molar-refractivity contribution is 5.97. The number of hydrogen-bond acceptors (Lipinski definition) is 2. The molecule has 174 valence electrons. The quantitative estimate of drug-likeness (QED) is 0.636. The topological polar surface area (TPSA) is 49.4 Å². The predicted octanol–water partition coefficient (Wildman–Crippen LogP) is 5.92. The summed E-state index contributed by atoms with van der Waals surface area (Å²) in [4.78, 5) is 29.4. The average molecular weight is 445 g/mol. The number of hydrogen-bond donors (Lipinski definition) is 1. The SMILES string of the molecule is Cc1ccccc1C(=O)N1CCCC(C(=O)Nc2ccc3c(c2)CCC3)C1C1CCCCC1. The molecule has 1 N–H and O–H groups in total. The number of piperidine rings is 1. The van der Waals surface area contributed by atoms with E-state index in [0.717, 1.165) is 61.9 Å². The molecule has 2 aliphatic carbocycles. The second-order valence-electron chi connectivity index (χ2n) is 10.3. The summed E-state index contributed by atoms with van der Waals surface area (Å²) in [5.74, 6) is 0.440. The van der Waals surface area contributed by atoms with Crippen LogP contribution in [0.25, 0.3) is 0 Å². The van der Waals surface area contributed by atoms with E-state index in [-0.39, 0.29) is 23.8 Å². The van der Waals surface area contributed by atoms with Crippen molar-refractivity contribution in [3.8, 4) is 0 Å². The van der Waals surface area contributed by atoms with Gasteiger partial charge in [-0.25, -0.2) is 0 Å². The van der Waals surface area contributed by atoms with Gasteiger partial charge >= 0.3 is 0 Å². The number of benzene rings is 2. The van der Waals surface area contributed by atoms with Crippen LogP contribution in [0, 0.1) is 18.8 Å². The highest BCUT2D eigenvalue weighted by atomic mass is 16.2. The number of anilines is 1. The first-order valence-corrected chi connectivity index (χ1v) is 12.9. The van der Waals surface area contributed by atoms with Crippen molar-refractivity contribution in [1.29, 1.82) is 0 Å². The Bertz CT molecular complexity index is 1020. The molecule has 2 atom stereocenters. The molecule has 5 rings (SSSR count). The summed E-state index contributed by atoms with van der Waals surface area (Å²) in [7, 11) is 0. The first kappa shape index (κ1) is 22.2. The van der Waals surface area contributed by atoms with Gasteiger partial charge in [-0.1, -0.05) is 43.5 Å². The molecule has 2 amide bonds. The normalized spacial score (nSPS) is 23.2. The Morgan fingerprint density at radius 1 is 0.879 bits per heavy atom. The third kappa shape index (κ3) is 4.58. The van der Waals surface area contributed by atoms with Crippen molar-refractivity contribution in [2.45, 2.75) is 77.2 Å². The molecule has 1 saturated carbocycles. The van der Waals surface area contributed by atoms with E-state index in [2.05, 4.69) is 28.4 Å². The Morgan fingerprint density at radius 3 is 2.48 bits per heavy atom. The summed E-state index contributed by atoms with van der Waals surface area (Å²) in [6, 6.07) is 14.2. The molecule has 1 aliphatic heterocycles. The number of nitrogens with one attached hydrogen (secondary N) is 1. The number of carbonyl (C=O) groups excluding carboxylic acids is 2. The van der Waals surface area contributed by atoms with Gasteiger partial charge in [0.25, 0.3) is 5.91 Å². The number of amides is 2. The van der Waals surface area contributed by atoms with Crippen LogP contribution >= 0.6 is 0 Å². The van der Waals surface area contributed by atoms with Crippen molar-refractivity contribution in [1.82, 2.24) is 4.90 Å². The first-order chi connectivity index (χ1) is 16.1. The van der Waals surface area contributed by atoms with E-state index in [1.807, 2.05) is 31.2 Å². The molecular weight excluding hydrogens is 408 g/mol. The van der Waals surface area contributed by atoms with Gasteiger partial charge in [-0.2, -0.15) is 0 Å². The predicted molar refractivity (Wildman–Crippen MR) is 132 cm³/mol. The molecule has 4 nitrogen and oxygen atoms in total. The minimum absolute atomic E-state index is 0.0133. The Kier molecular flexibility index (Phi) is 6.52. The number of aryl methyl sites for hydroxylation is 3. The Morgan fingerprint density at radius 2 is 1.67 bits per heavy atom. The highest BCUT2D eigenvalue weighted by Gasteiger charge is 2.43. The van der Waals surface area contributed by atoms with E-state index in [1.165, 1.54) is 36.8 Å². The second-order valence-corrected chi connectivity index (χ2v) is 10.3. The smallest absolute Gasteiger partial charge is 0.254 e. The fraction of sp³-hybridized carbons (Fsp3) is 0.517. The van der Waals surface area contributed by atoms with Crippen molar-refractivity contribution in [2.75, 3.05) is 11.9 Å². The summed E-state index contributed by atoms with van der Waals surface area (Å²) < 4.78 is 0. The Hall–Kier alpha value is -2.62. The first-order valence-electron chi connectivity index (χ1n) is 12.9. The molecule has 0 bridgehead atoms. The zero-order chi connectivity index (χ0) is 22.8. The van der Waals surface area contributed by atoms with Crippen molar-refractivity contribution in [3.05, 3.63) is 64.7 Å². The molecule has 1 saturated heterocycles. The number of carbonyl (C=O) groups is 2. The van der Waals surface area contributed by atoms with E-state index in [4.69, 9.17) is 0 Å². The van der Waals surface area contributed by atoms with Crippen LogP contribution in [0.1, 0.15) is 78.4 Å². The van der Waals surface area contributed by atoms with Gasteiger partial charge < -0.3 is 10.2 Å². The van der Waals surface area contributed by atoms with Crippen molar-refractivity contribution >= 4 is 17.5 Å². The zero-order valence-corrected chi connectivity index (χ0v) is 19.8.